The number of carboxylic acid groups (broad SMARTS) is 1. The number of thioether (sulfide) groups is 2. The number of aliphatic hydroxyl groups excluding tert-OH is 3. The summed E-state index contributed by atoms with van der Waals surface area (Å²) in [6.07, 6.45) is -6.88. The Kier molecular flexibility index (Phi) is 18.8. The molecule has 37 heavy (non-hydrogen) atoms. The molecule has 0 saturated heterocycles. The molecule has 0 saturated carbocycles. The lowest BCUT2D eigenvalue weighted by Gasteiger charge is -2.34. The van der Waals surface area contributed by atoms with E-state index in [0.29, 0.717) is 37.9 Å². The fraction of sp³-hybridized carbons (Fsp3) is 0.810. The molecule has 2 amide bonds. The van der Waals surface area contributed by atoms with Crippen LogP contribution < -0.4 is 16.4 Å². The summed E-state index contributed by atoms with van der Waals surface area (Å²) in [6.45, 7) is 4.22. The molecule has 1 unspecified atom stereocenters. The number of ether oxygens (including phenoxy) is 2. The molecule has 0 bridgehead atoms. The summed E-state index contributed by atoms with van der Waals surface area (Å²) >= 11 is 2.40. The van der Waals surface area contributed by atoms with E-state index in [1.54, 1.807) is 6.92 Å². The zero-order valence-electron chi connectivity index (χ0n) is 21.0. The maximum absolute atomic E-state index is 13.1. The second-order valence-electron chi connectivity index (χ2n) is 7.60. The molecule has 0 aromatic carbocycles. The van der Waals surface area contributed by atoms with E-state index in [1.807, 2.05) is 6.92 Å². The Hall–Kier alpha value is -1.50. The van der Waals surface area contributed by atoms with Crippen LogP contribution in [0.4, 0.5) is 0 Å². The molecule has 0 heterocycles. The zero-order chi connectivity index (χ0) is 28.4. The third-order valence-corrected chi connectivity index (χ3v) is 6.71. The summed E-state index contributed by atoms with van der Waals surface area (Å²) in [7, 11) is 0. The van der Waals surface area contributed by atoms with Crippen molar-refractivity contribution in [3.63, 3.8) is 0 Å². The van der Waals surface area contributed by atoms with E-state index in [0.717, 1.165) is 11.8 Å². The molecule has 0 spiro atoms. The first-order valence-electron chi connectivity index (χ1n) is 11.6. The second kappa shape index (κ2) is 19.6. The summed E-state index contributed by atoms with van der Waals surface area (Å²) in [5.41, 5.74) is 1.55. The standard InChI is InChI=1S/C21H39N3O11S2/c1-3-34-5-7-36-11-15(26)23-10-13(24-16(27)12-37-8-6-35-4-2)18(29)21(33,20(31)32)19(30)17(28)14(25)9-22/h13-14,17,19,25,28,30,33H,3-12,22H2,1-2H3,(H,23,26)(H,24,27)(H,31,32)/t13?,14-,17-,19+,21-/m1/s1. The minimum absolute atomic E-state index is 0.0254. The fourth-order valence-electron chi connectivity index (χ4n) is 2.81. The number of Topliss-reactive ketones (excluding diaryl/α,β-unsaturated/α-hetero) is 1. The smallest absolute Gasteiger partial charge is 0.346 e. The predicted molar refractivity (Wildman–Crippen MR) is 137 cm³/mol. The monoisotopic (exact) mass is 573 g/mol. The molecule has 5 atom stereocenters. The van der Waals surface area contributed by atoms with Gasteiger partial charge in [-0.2, -0.15) is 0 Å². The van der Waals surface area contributed by atoms with Crippen LogP contribution in [0.1, 0.15) is 13.8 Å². The van der Waals surface area contributed by atoms with Crippen LogP contribution in [0.5, 0.6) is 0 Å². The number of ketones is 1. The Labute approximate surface area is 224 Å². The van der Waals surface area contributed by atoms with E-state index in [1.165, 1.54) is 11.8 Å². The lowest BCUT2D eigenvalue weighted by Crippen LogP contribution is -2.67. The van der Waals surface area contributed by atoms with E-state index >= 15 is 0 Å². The van der Waals surface area contributed by atoms with Gasteiger partial charge in [0.2, 0.25) is 17.6 Å². The van der Waals surface area contributed by atoms with Gasteiger partial charge in [-0.05, 0) is 13.8 Å². The van der Waals surface area contributed by atoms with Gasteiger partial charge in [0.15, 0.2) is 0 Å². The van der Waals surface area contributed by atoms with Crippen LogP contribution in [0, 0.1) is 0 Å². The Morgan fingerprint density at radius 3 is 1.92 bits per heavy atom. The third kappa shape index (κ3) is 12.7. The molecule has 14 nitrogen and oxygen atoms in total. The Bertz CT molecular complexity index is 719. The highest BCUT2D eigenvalue weighted by Gasteiger charge is 2.56. The number of hydrogen-bond acceptors (Lipinski definition) is 13. The van der Waals surface area contributed by atoms with E-state index in [4.69, 9.17) is 15.2 Å². The second-order valence-corrected chi connectivity index (χ2v) is 9.81. The minimum atomic E-state index is -3.65. The highest BCUT2D eigenvalue weighted by atomic mass is 32.2. The number of rotatable bonds is 22. The fourth-order valence-corrected chi connectivity index (χ4v) is 4.12. The molecule has 9 N–H and O–H groups in total. The van der Waals surface area contributed by atoms with Crippen LogP contribution >= 0.6 is 23.5 Å². The van der Waals surface area contributed by atoms with Crippen LogP contribution in [0.25, 0.3) is 0 Å². The van der Waals surface area contributed by atoms with Crippen molar-refractivity contribution in [1.29, 1.82) is 0 Å². The Morgan fingerprint density at radius 2 is 1.46 bits per heavy atom. The van der Waals surface area contributed by atoms with Gasteiger partial charge in [-0.15, -0.1) is 23.5 Å². The highest BCUT2D eigenvalue weighted by Crippen LogP contribution is 2.20. The van der Waals surface area contributed by atoms with E-state index in [-0.39, 0.29) is 11.5 Å². The van der Waals surface area contributed by atoms with E-state index in [9.17, 15) is 44.7 Å². The van der Waals surface area contributed by atoms with Crippen LogP contribution in [0.15, 0.2) is 0 Å². The van der Waals surface area contributed by atoms with Crippen LogP contribution in [-0.2, 0) is 28.7 Å². The topological polar surface area (TPSA) is 238 Å². The number of nitrogens with two attached hydrogens (primary N) is 1. The molecule has 0 rings (SSSR count). The molecule has 0 aliphatic heterocycles. The number of aliphatic hydroxyl groups is 4. The van der Waals surface area contributed by atoms with Gasteiger partial charge in [0.25, 0.3) is 5.60 Å². The first-order valence-corrected chi connectivity index (χ1v) is 13.9. The van der Waals surface area contributed by atoms with Crippen molar-refractivity contribution in [1.82, 2.24) is 10.6 Å². The van der Waals surface area contributed by atoms with E-state index < -0.39 is 66.6 Å². The van der Waals surface area contributed by atoms with Gasteiger partial charge < -0.3 is 51.4 Å². The number of amides is 2. The number of carbonyl (C=O) groups is 4. The van der Waals surface area contributed by atoms with Crippen molar-refractivity contribution in [2.75, 3.05) is 62.5 Å². The molecule has 0 aromatic rings. The summed E-state index contributed by atoms with van der Waals surface area (Å²) in [6, 6.07) is -1.80. The van der Waals surface area contributed by atoms with Gasteiger partial charge in [-0.1, -0.05) is 0 Å². The molecule has 16 heteroatoms. The van der Waals surface area contributed by atoms with Crippen LogP contribution in [-0.4, -0.2) is 142 Å². The highest BCUT2D eigenvalue weighted by molar-refractivity contribution is 8.00. The number of aliphatic carboxylic acids is 1. The van der Waals surface area contributed by atoms with Crippen molar-refractivity contribution >= 4 is 47.1 Å². The van der Waals surface area contributed by atoms with Crippen molar-refractivity contribution in [2.45, 2.75) is 43.8 Å². The molecule has 0 fully saturated rings. The van der Waals surface area contributed by atoms with Gasteiger partial charge in [-0.25, -0.2) is 4.79 Å². The normalized spacial score (nSPS) is 16.2. The number of carboxylic acids is 1. The lowest BCUT2D eigenvalue weighted by atomic mass is 9.83. The van der Waals surface area contributed by atoms with Gasteiger partial charge in [-0.3, -0.25) is 14.4 Å². The largest absolute Gasteiger partial charge is 0.479 e. The summed E-state index contributed by atoms with van der Waals surface area (Å²) in [5, 5.41) is 54.8. The molecule has 0 aliphatic rings. The minimum Gasteiger partial charge on any atom is -0.479 e. The summed E-state index contributed by atoms with van der Waals surface area (Å²) < 4.78 is 10.3. The summed E-state index contributed by atoms with van der Waals surface area (Å²) in [4.78, 5) is 49.6. The first kappa shape index (κ1) is 35.5. The number of carbonyl (C=O) groups excluding carboxylic acids is 3. The van der Waals surface area contributed by atoms with Crippen molar-refractivity contribution in [3.05, 3.63) is 0 Å². The molecular formula is C21H39N3O11S2. The molecule has 0 radical (unpaired) electrons. The Balaban J connectivity index is 5.55. The quantitative estimate of drug-likeness (QED) is 0.0464. The number of nitrogens with one attached hydrogen (secondary N) is 2. The van der Waals surface area contributed by atoms with Gasteiger partial charge in [0.1, 0.15) is 18.2 Å². The van der Waals surface area contributed by atoms with Crippen molar-refractivity contribution in [2.24, 2.45) is 5.73 Å². The average molecular weight is 574 g/mol. The molecule has 0 aliphatic carbocycles. The maximum atomic E-state index is 13.1. The van der Waals surface area contributed by atoms with Crippen molar-refractivity contribution < 1.29 is 54.2 Å². The average Bonchev–Trinajstić information content (AvgIpc) is 2.88. The van der Waals surface area contributed by atoms with Gasteiger partial charge in [0, 0.05) is 37.8 Å². The SMILES string of the molecule is CCOCCSCC(=O)NCC(NC(=O)CSCCOCC)C(=O)[C@](O)(C(=O)O)[C@@H](O)[C@H](O)[C@H](O)CN. The van der Waals surface area contributed by atoms with Gasteiger partial charge in [0.05, 0.1) is 30.8 Å². The van der Waals surface area contributed by atoms with Gasteiger partial charge >= 0.3 is 5.97 Å². The zero-order valence-corrected chi connectivity index (χ0v) is 22.6. The van der Waals surface area contributed by atoms with E-state index in [2.05, 4.69) is 10.6 Å². The first-order chi connectivity index (χ1) is 17.5. The summed E-state index contributed by atoms with van der Waals surface area (Å²) in [5.74, 6) is -4.32. The van der Waals surface area contributed by atoms with Crippen LogP contribution in [0.3, 0.4) is 0 Å². The molecular weight excluding hydrogens is 534 g/mol. The van der Waals surface area contributed by atoms with Crippen molar-refractivity contribution in [3.8, 4) is 0 Å². The predicted octanol–water partition coefficient (Wildman–Crippen LogP) is -3.45. The number of hydrogen-bond donors (Lipinski definition) is 8. The Morgan fingerprint density at radius 1 is 0.946 bits per heavy atom. The maximum Gasteiger partial charge on any atom is 0.346 e. The third-order valence-electron chi connectivity index (χ3n) is 4.86. The van der Waals surface area contributed by atoms with Crippen LogP contribution in [0.2, 0.25) is 0 Å². The lowest BCUT2D eigenvalue weighted by molar-refractivity contribution is -0.192. The molecule has 216 valence electrons. The molecule has 0 aromatic heterocycles.